The van der Waals surface area contributed by atoms with E-state index in [1.54, 1.807) is 0 Å². The third-order valence-corrected chi connectivity index (χ3v) is 5.87. The van der Waals surface area contributed by atoms with Gasteiger partial charge in [-0.25, -0.2) is 0 Å². The molecule has 0 spiro atoms. The zero-order valence-corrected chi connectivity index (χ0v) is 15.1. The quantitative estimate of drug-likeness (QED) is 0.859. The molecule has 4 rings (SSSR count). The van der Waals surface area contributed by atoms with Crippen LogP contribution in [0.1, 0.15) is 31.2 Å². The van der Waals surface area contributed by atoms with E-state index in [-0.39, 0.29) is 0 Å². The summed E-state index contributed by atoms with van der Waals surface area (Å²) >= 11 is 3.64. The molecule has 0 atom stereocenters. The van der Waals surface area contributed by atoms with E-state index in [4.69, 9.17) is 0 Å². The number of nitrogens with zero attached hydrogens (tertiary/aromatic N) is 2. The second-order valence-corrected chi connectivity index (χ2v) is 7.86. The number of benzene rings is 1. The van der Waals surface area contributed by atoms with E-state index < -0.39 is 0 Å². The van der Waals surface area contributed by atoms with Crippen LogP contribution in [-0.2, 0) is 6.54 Å². The Morgan fingerprint density at radius 2 is 1.96 bits per heavy atom. The molecule has 2 fully saturated rings. The van der Waals surface area contributed by atoms with E-state index in [0.717, 1.165) is 28.5 Å². The first-order chi connectivity index (χ1) is 11.3. The Balaban J connectivity index is 1.38. The molecule has 1 saturated heterocycles. The topological polar surface area (TPSA) is 28.2 Å². The van der Waals surface area contributed by atoms with Gasteiger partial charge in [0.15, 0.2) is 0 Å². The Bertz CT molecular complexity index is 675. The van der Waals surface area contributed by atoms with Crippen molar-refractivity contribution in [1.82, 2.24) is 15.2 Å². The van der Waals surface area contributed by atoms with Gasteiger partial charge in [-0.05, 0) is 68.9 Å². The Morgan fingerprint density at radius 3 is 2.74 bits per heavy atom. The summed E-state index contributed by atoms with van der Waals surface area (Å²) in [5.74, 6) is 0.980. The number of halogens is 1. The molecular formula is C19H24BrN3. The van der Waals surface area contributed by atoms with E-state index >= 15 is 0 Å². The van der Waals surface area contributed by atoms with Crippen molar-refractivity contribution >= 4 is 26.8 Å². The van der Waals surface area contributed by atoms with E-state index in [9.17, 15) is 0 Å². The highest BCUT2D eigenvalue weighted by Crippen LogP contribution is 2.29. The van der Waals surface area contributed by atoms with E-state index in [2.05, 4.69) is 49.3 Å². The van der Waals surface area contributed by atoms with Gasteiger partial charge in [-0.3, -0.25) is 9.88 Å². The summed E-state index contributed by atoms with van der Waals surface area (Å²) in [6.07, 6.45) is 7.32. The number of piperidine rings is 1. The van der Waals surface area contributed by atoms with Crippen molar-refractivity contribution < 1.29 is 0 Å². The van der Waals surface area contributed by atoms with Gasteiger partial charge in [-0.1, -0.05) is 28.1 Å². The fourth-order valence-corrected chi connectivity index (χ4v) is 3.97. The standard InChI is InChI=1S/C19H24BrN3/c20-18-6-5-15(19-17(18)2-1-9-21-19)13-23-10-7-16(8-11-23)22-12-14-3-4-14/h1-2,5-6,9,14,16,22H,3-4,7-8,10-13H2. The molecule has 2 aromatic rings. The molecule has 23 heavy (non-hydrogen) atoms. The first kappa shape index (κ1) is 15.6. The monoisotopic (exact) mass is 373 g/mol. The number of pyridine rings is 1. The fraction of sp³-hybridized carbons (Fsp3) is 0.526. The van der Waals surface area contributed by atoms with Gasteiger partial charge in [0.25, 0.3) is 0 Å². The summed E-state index contributed by atoms with van der Waals surface area (Å²) in [6, 6.07) is 9.25. The molecule has 0 amide bonds. The van der Waals surface area contributed by atoms with Crippen molar-refractivity contribution in [2.24, 2.45) is 5.92 Å². The van der Waals surface area contributed by atoms with Crippen LogP contribution in [-0.4, -0.2) is 35.6 Å². The Hall–Kier alpha value is -0.970. The average Bonchev–Trinajstić information content (AvgIpc) is 3.41. The number of likely N-dealkylation sites (tertiary alicyclic amines) is 1. The zero-order chi connectivity index (χ0) is 15.6. The van der Waals surface area contributed by atoms with E-state index in [1.165, 1.54) is 56.3 Å². The largest absolute Gasteiger partial charge is 0.314 e. The van der Waals surface area contributed by atoms with E-state index in [1.807, 2.05) is 12.3 Å². The summed E-state index contributed by atoms with van der Waals surface area (Å²) in [7, 11) is 0. The van der Waals surface area contributed by atoms with E-state index in [0.29, 0.717) is 0 Å². The van der Waals surface area contributed by atoms with Crippen molar-refractivity contribution in [3.63, 3.8) is 0 Å². The molecule has 1 N–H and O–H groups in total. The van der Waals surface area contributed by atoms with Gasteiger partial charge in [0.05, 0.1) is 5.52 Å². The van der Waals surface area contributed by atoms with Gasteiger partial charge in [0.2, 0.25) is 0 Å². The van der Waals surface area contributed by atoms with Crippen LogP contribution >= 0.6 is 15.9 Å². The molecule has 0 bridgehead atoms. The summed E-state index contributed by atoms with van der Waals surface area (Å²) in [6.45, 7) is 4.63. The highest BCUT2D eigenvalue weighted by molar-refractivity contribution is 9.10. The second-order valence-electron chi connectivity index (χ2n) is 7.01. The maximum Gasteiger partial charge on any atom is 0.0758 e. The maximum atomic E-state index is 4.61. The van der Waals surface area contributed by atoms with Gasteiger partial charge in [0.1, 0.15) is 0 Å². The minimum atomic E-state index is 0.728. The molecule has 1 saturated carbocycles. The van der Waals surface area contributed by atoms with Crippen LogP contribution in [0.3, 0.4) is 0 Å². The lowest BCUT2D eigenvalue weighted by Crippen LogP contribution is -2.42. The molecule has 122 valence electrons. The van der Waals surface area contributed by atoms with Gasteiger partial charge in [0, 0.05) is 28.6 Å². The smallest absolute Gasteiger partial charge is 0.0758 e. The lowest BCUT2D eigenvalue weighted by Gasteiger charge is -2.32. The van der Waals surface area contributed by atoms with Crippen molar-refractivity contribution in [2.75, 3.05) is 19.6 Å². The third kappa shape index (κ3) is 3.76. The van der Waals surface area contributed by atoms with Crippen LogP contribution in [0, 0.1) is 5.92 Å². The third-order valence-electron chi connectivity index (χ3n) is 5.17. The molecule has 4 heteroatoms. The molecule has 2 heterocycles. The first-order valence-corrected chi connectivity index (χ1v) is 9.57. The van der Waals surface area contributed by atoms with Crippen molar-refractivity contribution in [3.8, 4) is 0 Å². The van der Waals surface area contributed by atoms with Crippen LogP contribution in [0.5, 0.6) is 0 Å². The Kier molecular flexibility index (Phi) is 4.65. The molecular weight excluding hydrogens is 350 g/mol. The molecule has 1 aliphatic heterocycles. The van der Waals surface area contributed by atoms with Crippen LogP contribution in [0.4, 0.5) is 0 Å². The molecule has 0 radical (unpaired) electrons. The van der Waals surface area contributed by atoms with Gasteiger partial charge in [-0.2, -0.15) is 0 Å². The predicted octanol–water partition coefficient (Wildman–Crippen LogP) is 3.96. The lowest BCUT2D eigenvalue weighted by atomic mass is 10.0. The van der Waals surface area contributed by atoms with Crippen LogP contribution in [0.25, 0.3) is 10.9 Å². The van der Waals surface area contributed by atoms with Crippen LogP contribution < -0.4 is 5.32 Å². The summed E-state index contributed by atoms with van der Waals surface area (Å²) in [5.41, 5.74) is 2.48. The molecule has 0 unspecified atom stereocenters. The Morgan fingerprint density at radius 1 is 1.13 bits per heavy atom. The first-order valence-electron chi connectivity index (χ1n) is 8.77. The number of aromatic nitrogens is 1. The molecule has 3 nitrogen and oxygen atoms in total. The fourth-order valence-electron chi connectivity index (χ4n) is 3.52. The van der Waals surface area contributed by atoms with Crippen molar-refractivity contribution in [2.45, 2.75) is 38.3 Å². The predicted molar refractivity (Wildman–Crippen MR) is 98.5 cm³/mol. The SMILES string of the molecule is Brc1ccc(CN2CCC(NCC3CC3)CC2)c2ncccc12. The van der Waals surface area contributed by atoms with Crippen molar-refractivity contribution in [3.05, 3.63) is 40.5 Å². The number of hydrogen-bond acceptors (Lipinski definition) is 3. The minimum Gasteiger partial charge on any atom is -0.314 e. The minimum absolute atomic E-state index is 0.728. The summed E-state index contributed by atoms with van der Waals surface area (Å²) < 4.78 is 1.13. The number of rotatable bonds is 5. The number of hydrogen-bond donors (Lipinski definition) is 1. The normalized spacial score (nSPS) is 20.2. The van der Waals surface area contributed by atoms with Gasteiger partial charge in [-0.15, -0.1) is 0 Å². The van der Waals surface area contributed by atoms with Gasteiger partial charge < -0.3 is 5.32 Å². The van der Waals surface area contributed by atoms with Gasteiger partial charge >= 0.3 is 0 Å². The summed E-state index contributed by atoms with van der Waals surface area (Å²) in [5, 5.41) is 4.97. The molecule has 1 aromatic carbocycles. The number of fused-ring (bicyclic) bond motifs is 1. The highest BCUT2D eigenvalue weighted by atomic mass is 79.9. The molecule has 1 aromatic heterocycles. The van der Waals surface area contributed by atoms with Crippen molar-refractivity contribution in [1.29, 1.82) is 0 Å². The lowest BCUT2D eigenvalue weighted by molar-refractivity contribution is 0.190. The van der Waals surface area contributed by atoms with Crippen LogP contribution in [0.2, 0.25) is 0 Å². The Labute approximate surface area is 146 Å². The summed E-state index contributed by atoms with van der Waals surface area (Å²) in [4.78, 5) is 7.19. The molecule has 1 aliphatic carbocycles. The molecule has 2 aliphatic rings. The van der Waals surface area contributed by atoms with Crippen LogP contribution in [0.15, 0.2) is 34.9 Å². The maximum absolute atomic E-state index is 4.61. The second kappa shape index (κ2) is 6.88. The highest BCUT2D eigenvalue weighted by Gasteiger charge is 2.24. The number of nitrogens with one attached hydrogen (secondary N) is 1. The zero-order valence-electron chi connectivity index (χ0n) is 13.5. The average molecular weight is 374 g/mol.